The summed E-state index contributed by atoms with van der Waals surface area (Å²) in [5.74, 6) is 1.93. The topological polar surface area (TPSA) is 59.0 Å². The molecule has 1 saturated heterocycles. The van der Waals surface area contributed by atoms with Crippen molar-refractivity contribution < 1.29 is 19.4 Å². The van der Waals surface area contributed by atoms with E-state index in [1.165, 1.54) is 0 Å². The van der Waals surface area contributed by atoms with Gasteiger partial charge in [0.2, 0.25) is 5.91 Å². The van der Waals surface area contributed by atoms with E-state index in [9.17, 15) is 4.79 Å². The number of carbonyl (C=O) groups excluding carboxylic acids is 1. The third-order valence-electron chi connectivity index (χ3n) is 4.30. The summed E-state index contributed by atoms with van der Waals surface area (Å²) < 4.78 is 10.5. The number of aliphatic hydroxyl groups is 1. The van der Waals surface area contributed by atoms with Gasteiger partial charge in [-0.25, -0.2) is 0 Å². The van der Waals surface area contributed by atoms with E-state index in [1.54, 1.807) is 14.2 Å². The van der Waals surface area contributed by atoms with Gasteiger partial charge in [0.1, 0.15) is 0 Å². The highest BCUT2D eigenvalue weighted by atomic mass is 16.5. The van der Waals surface area contributed by atoms with Crippen molar-refractivity contribution in [2.24, 2.45) is 5.92 Å². The Balaban J connectivity index is 1.86. The van der Waals surface area contributed by atoms with Crippen molar-refractivity contribution in [3.63, 3.8) is 0 Å². The molecule has 0 unspecified atom stereocenters. The highest BCUT2D eigenvalue weighted by molar-refractivity contribution is 5.76. The Hall–Kier alpha value is -1.75. The van der Waals surface area contributed by atoms with Crippen LogP contribution in [-0.2, 0) is 11.2 Å². The third kappa shape index (κ3) is 4.13. The van der Waals surface area contributed by atoms with Crippen molar-refractivity contribution >= 4 is 5.91 Å². The molecule has 0 radical (unpaired) electrons. The number of piperidine rings is 1. The lowest BCUT2D eigenvalue weighted by Crippen LogP contribution is -2.39. The minimum atomic E-state index is 0.186. The molecule has 1 amide bonds. The molecule has 0 atom stereocenters. The standard InChI is InChI=1S/C17H25NO4/c1-21-15-5-3-13(11-16(15)22-2)4-6-17(20)18-9-7-14(12-19)8-10-18/h3,5,11,14,19H,4,6-10,12H2,1-2H3. The number of aliphatic hydroxyl groups excluding tert-OH is 1. The molecule has 5 nitrogen and oxygen atoms in total. The average molecular weight is 307 g/mol. The normalized spacial score (nSPS) is 15.7. The Morgan fingerprint density at radius 2 is 1.91 bits per heavy atom. The maximum absolute atomic E-state index is 12.3. The van der Waals surface area contributed by atoms with E-state index in [1.807, 2.05) is 23.1 Å². The first-order chi connectivity index (χ1) is 10.7. The predicted octanol–water partition coefficient (Wildman–Crippen LogP) is 1.87. The second-order valence-electron chi connectivity index (χ2n) is 5.70. The van der Waals surface area contributed by atoms with E-state index >= 15 is 0 Å². The first-order valence-electron chi connectivity index (χ1n) is 7.77. The lowest BCUT2D eigenvalue weighted by Gasteiger charge is -2.31. The van der Waals surface area contributed by atoms with Crippen LogP contribution in [-0.4, -0.2) is 49.8 Å². The Morgan fingerprint density at radius 1 is 1.23 bits per heavy atom. The Labute approximate surface area is 131 Å². The molecule has 1 N–H and O–H groups in total. The number of aryl methyl sites for hydroxylation is 1. The van der Waals surface area contributed by atoms with Gasteiger partial charge in [0.25, 0.3) is 0 Å². The Bertz CT molecular complexity index is 495. The predicted molar refractivity (Wildman–Crippen MR) is 84.3 cm³/mol. The van der Waals surface area contributed by atoms with Crippen LogP contribution >= 0.6 is 0 Å². The molecular formula is C17H25NO4. The van der Waals surface area contributed by atoms with Crippen LogP contribution in [0.15, 0.2) is 18.2 Å². The van der Waals surface area contributed by atoms with Crippen LogP contribution in [0.4, 0.5) is 0 Å². The van der Waals surface area contributed by atoms with Crippen molar-refractivity contribution in [1.82, 2.24) is 4.90 Å². The summed E-state index contributed by atoms with van der Waals surface area (Å²) in [5, 5.41) is 9.13. The summed E-state index contributed by atoms with van der Waals surface area (Å²) in [4.78, 5) is 14.2. The monoisotopic (exact) mass is 307 g/mol. The van der Waals surface area contributed by atoms with Crippen LogP contribution < -0.4 is 9.47 Å². The molecule has 1 heterocycles. The minimum absolute atomic E-state index is 0.186. The molecule has 1 aliphatic rings. The van der Waals surface area contributed by atoms with Crippen molar-refractivity contribution in [1.29, 1.82) is 0 Å². The van der Waals surface area contributed by atoms with E-state index in [0.29, 0.717) is 30.3 Å². The van der Waals surface area contributed by atoms with Gasteiger partial charge in [0, 0.05) is 26.1 Å². The number of ether oxygens (including phenoxy) is 2. The molecule has 0 saturated carbocycles. The molecule has 5 heteroatoms. The number of rotatable bonds is 6. The van der Waals surface area contributed by atoms with Crippen molar-refractivity contribution in [2.75, 3.05) is 33.9 Å². The molecule has 0 bridgehead atoms. The van der Waals surface area contributed by atoms with Gasteiger partial charge in [-0.3, -0.25) is 4.79 Å². The van der Waals surface area contributed by atoms with Gasteiger partial charge in [-0.2, -0.15) is 0 Å². The van der Waals surface area contributed by atoms with Gasteiger partial charge < -0.3 is 19.5 Å². The van der Waals surface area contributed by atoms with E-state index < -0.39 is 0 Å². The zero-order valence-electron chi connectivity index (χ0n) is 13.4. The molecule has 0 spiro atoms. The van der Waals surface area contributed by atoms with Crippen LogP contribution in [0.1, 0.15) is 24.8 Å². The fraction of sp³-hybridized carbons (Fsp3) is 0.588. The van der Waals surface area contributed by atoms with E-state index in [2.05, 4.69) is 0 Å². The number of benzene rings is 1. The van der Waals surface area contributed by atoms with Gasteiger partial charge in [-0.15, -0.1) is 0 Å². The Kier molecular flexibility index (Phi) is 6.07. The van der Waals surface area contributed by atoms with Crippen LogP contribution in [0, 0.1) is 5.92 Å². The van der Waals surface area contributed by atoms with Gasteiger partial charge in [0.05, 0.1) is 14.2 Å². The fourth-order valence-corrected chi connectivity index (χ4v) is 2.81. The largest absolute Gasteiger partial charge is 0.493 e. The summed E-state index contributed by atoms with van der Waals surface area (Å²) >= 11 is 0. The van der Waals surface area contributed by atoms with Crippen LogP contribution in [0.5, 0.6) is 11.5 Å². The molecule has 0 aliphatic carbocycles. The molecule has 122 valence electrons. The average Bonchev–Trinajstić information content (AvgIpc) is 2.59. The summed E-state index contributed by atoms with van der Waals surface area (Å²) in [6.45, 7) is 1.75. The van der Waals surface area contributed by atoms with Crippen LogP contribution in [0.2, 0.25) is 0 Å². The van der Waals surface area contributed by atoms with Gasteiger partial charge >= 0.3 is 0 Å². The van der Waals surface area contributed by atoms with Gasteiger partial charge in [0.15, 0.2) is 11.5 Å². The van der Waals surface area contributed by atoms with Crippen LogP contribution in [0.3, 0.4) is 0 Å². The third-order valence-corrected chi connectivity index (χ3v) is 4.30. The van der Waals surface area contributed by atoms with E-state index in [4.69, 9.17) is 14.6 Å². The first kappa shape index (κ1) is 16.6. The molecule has 2 rings (SSSR count). The fourth-order valence-electron chi connectivity index (χ4n) is 2.81. The number of carbonyl (C=O) groups is 1. The molecule has 1 aromatic carbocycles. The number of likely N-dealkylation sites (tertiary alicyclic amines) is 1. The highest BCUT2D eigenvalue weighted by Crippen LogP contribution is 2.28. The van der Waals surface area contributed by atoms with Crippen molar-refractivity contribution in [3.8, 4) is 11.5 Å². The summed E-state index contributed by atoms with van der Waals surface area (Å²) in [7, 11) is 3.22. The maximum Gasteiger partial charge on any atom is 0.222 e. The molecule has 1 fully saturated rings. The van der Waals surface area contributed by atoms with E-state index in [-0.39, 0.29) is 12.5 Å². The summed E-state index contributed by atoms with van der Waals surface area (Å²) in [5.41, 5.74) is 1.07. The second kappa shape index (κ2) is 8.03. The minimum Gasteiger partial charge on any atom is -0.493 e. The number of amides is 1. The first-order valence-corrected chi connectivity index (χ1v) is 7.77. The number of hydrogen-bond donors (Lipinski definition) is 1. The summed E-state index contributed by atoms with van der Waals surface area (Å²) in [6.07, 6.45) is 3.00. The molecule has 1 aromatic rings. The molecule has 22 heavy (non-hydrogen) atoms. The molecule has 0 aromatic heterocycles. The number of nitrogens with zero attached hydrogens (tertiary/aromatic N) is 1. The molecule has 1 aliphatic heterocycles. The lowest BCUT2D eigenvalue weighted by molar-refractivity contribution is -0.132. The van der Waals surface area contributed by atoms with Crippen molar-refractivity contribution in [3.05, 3.63) is 23.8 Å². The van der Waals surface area contributed by atoms with E-state index in [0.717, 1.165) is 31.5 Å². The quantitative estimate of drug-likeness (QED) is 0.871. The van der Waals surface area contributed by atoms with Gasteiger partial charge in [-0.05, 0) is 42.9 Å². The zero-order chi connectivity index (χ0) is 15.9. The van der Waals surface area contributed by atoms with Crippen LogP contribution in [0.25, 0.3) is 0 Å². The Morgan fingerprint density at radius 3 is 2.50 bits per heavy atom. The number of hydrogen-bond acceptors (Lipinski definition) is 4. The smallest absolute Gasteiger partial charge is 0.222 e. The zero-order valence-corrected chi connectivity index (χ0v) is 13.4. The maximum atomic E-state index is 12.3. The van der Waals surface area contributed by atoms with Gasteiger partial charge in [-0.1, -0.05) is 6.07 Å². The summed E-state index contributed by atoms with van der Waals surface area (Å²) in [6, 6.07) is 5.75. The SMILES string of the molecule is COc1ccc(CCC(=O)N2CCC(CO)CC2)cc1OC. The lowest BCUT2D eigenvalue weighted by atomic mass is 9.97. The molecular weight excluding hydrogens is 282 g/mol. The second-order valence-corrected chi connectivity index (χ2v) is 5.70. The highest BCUT2D eigenvalue weighted by Gasteiger charge is 2.21. The van der Waals surface area contributed by atoms with Crippen molar-refractivity contribution in [2.45, 2.75) is 25.7 Å². The number of methoxy groups -OCH3 is 2.